The molecule has 0 aliphatic carbocycles. The molecule has 102 valence electrons. The SMILES string of the molecule is CNCCC(=O)NCc1ccccc1COC.Cl. The number of carbonyl (C=O) groups is 1. The Balaban J connectivity index is 0.00000289. The molecule has 4 nitrogen and oxygen atoms in total. The lowest BCUT2D eigenvalue weighted by Gasteiger charge is -2.10. The van der Waals surface area contributed by atoms with E-state index in [0.29, 0.717) is 26.1 Å². The number of amides is 1. The minimum absolute atomic E-state index is 0. The first-order chi connectivity index (χ1) is 8.27. The predicted molar refractivity (Wildman–Crippen MR) is 74.8 cm³/mol. The van der Waals surface area contributed by atoms with Crippen LogP contribution in [0.4, 0.5) is 0 Å². The fourth-order valence-corrected chi connectivity index (χ4v) is 1.55. The molecule has 0 saturated carbocycles. The number of benzene rings is 1. The molecule has 1 aromatic carbocycles. The number of hydrogen-bond donors (Lipinski definition) is 2. The van der Waals surface area contributed by atoms with E-state index in [0.717, 1.165) is 11.1 Å². The first-order valence-corrected chi connectivity index (χ1v) is 5.75. The highest BCUT2D eigenvalue weighted by atomic mass is 35.5. The van der Waals surface area contributed by atoms with Crippen LogP contribution in [-0.4, -0.2) is 26.6 Å². The van der Waals surface area contributed by atoms with E-state index >= 15 is 0 Å². The zero-order chi connectivity index (χ0) is 12.5. The highest BCUT2D eigenvalue weighted by molar-refractivity contribution is 5.85. The maximum absolute atomic E-state index is 11.5. The standard InChI is InChI=1S/C13H20N2O2.ClH/c1-14-8-7-13(16)15-9-11-5-3-4-6-12(11)10-17-2;/h3-6,14H,7-10H2,1-2H3,(H,15,16);1H. The third kappa shape index (κ3) is 6.00. The van der Waals surface area contributed by atoms with Gasteiger partial charge in [-0.15, -0.1) is 12.4 Å². The Kier molecular flexibility index (Phi) is 9.28. The molecule has 0 radical (unpaired) electrons. The summed E-state index contributed by atoms with van der Waals surface area (Å²) in [5, 5.41) is 5.85. The van der Waals surface area contributed by atoms with Crippen LogP contribution in [0.15, 0.2) is 24.3 Å². The zero-order valence-electron chi connectivity index (χ0n) is 10.9. The number of nitrogens with one attached hydrogen (secondary N) is 2. The Morgan fingerprint density at radius 3 is 2.56 bits per heavy atom. The van der Waals surface area contributed by atoms with Gasteiger partial charge in [-0.3, -0.25) is 4.79 Å². The van der Waals surface area contributed by atoms with Crippen LogP contribution < -0.4 is 10.6 Å². The van der Waals surface area contributed by atoms with Gasteiger partial charge >= 0.3 is 0 Å². The lowest BCUT2D eigenvalue weighted by Crippen LogP contribution is -2.26. The minimum atomic E-state index is 0. The molecule has 18 heavy (non-hydrogen) atoms. The van der Waals surface area contributed by atoms with Gasteiger partial charge in [-0.1, -0.05) is 24.3 Å². The van der Waals surface area contributed by atoms with Gasteiger partial charge in [0.15, 0.2) is 0 Å². The molecule has 0 heterocycles. The van der Waals surface area contributed by atoms with Crippen LogP contribution in [0.2, 0.25) is 0 Å². The Hall–Kier alpha value is -1.10. The van der Waals surface area contributed by atoms with Gasteiger partial charge in [0.1, 0.15) is 0 Å². The van der Waals surface area contributed by atoms with Gasteiger partial charge in [0.25, 0.3) is 0 Å². The second-order valence-corrected chi connectivity index (χ2v) is 3.83. The van der Waals surface area contributed by atoms with E-state index in [1.165, 1.54) is 0 Å². The van der Waals surface area contributed by atoms with Crippen molar-refractivity contribution < 1.29 is 9.53 Å². The summed E-state index contributed by atoms with van der Waals surface area (Å²) in [7, 11) is 3.50. The highest BCUT2D eigenvalue weighted by Gasteiger charge is 2.04. The first kappa shape index (κ1) is 16.9. The van der Waals surface area contributed by atoms with Crippen LogP contribution in [0.5, 0.6) is 0 Å². The monoisotopic (exact) mass is 272 g/mol. The summed E-state index contributed by atoms with van der Waals surface area (Å²) in [5.41, 5.74) is 2.22. The summed E-state index contributed by atoms with van der Waals surface area (Å²) >= 11 is 0. The number of ether oxygens (including phenoxy) is 1. The molecule has 1 amide bonds. The molecule has 0 atom stereocenters. The molecule has 0 bridgehead atoms. The summed E-state index contributed by atoms with van der Waals surface area (Å²) in [6.07, 6.45) is 0.503. The van der Waals surface area contributed by atoms with Crippen LogP contribution in [-0.2, 0) is 22.7 Å². The van der Waals surface area contributed by atoms with Crippen molar-refractivity contribution in [3.05, 3.63) is 35.4 Å². The molecular formula is C13H21ClN2O2. The van der Waals surface area contributed by atoms with Crippen molar-refractivity contribution in [1.29, 1.82) is 0 Å². The Morgan fingerprint density at radius 1 is 1.28 bits per heavy atom. The minimum Gasteiger partial charge on any atom is -0.380 e. The molecule has 0 fully saturated rings. The summed E-state index contributed by atoms with van der Waals surface area (Å²) in [5.74, 6) is 0.0616. The highest BCUT2D eigenvalue weighted by Crippen LogP contribution is 2.09. The molecule has 1 aromatic rings. The maximum Gasteiger partial charge on any atom is 0.221 e. The third-order valence-electron chi connectivity index (χ3n) is 2.50. The van der Waals surface area contributed by atoms with Crippen molar-refractivity contribution in [3.63, 3.8) is 0 Å². The number of rotatable bonds is 7. The summed E-state index contributed by atoms with van der Waals surface area (Å²) in [6.45, 7) is 1.83. The van der Waals surface area contributed by atoms with Crippen molar-refractivity contribution >= 4 is 18.3 Å². The molecule has 0 aliphatic rings. The van der Waals surface area contributed by atoms with Crippen LogP contribution in [0.25, 0.3) is 0 Å². The molecule has 0 saturated heterocycles. The van der Waals surface area contributed by atoms with Crippen molar-refractivity contribution in [2.45, 2.75) is 19.6 Å². The average molecular weight is 273 g/mol. The lowest BCUT2D eigenvalue weighted by molar-refractivity contribution is -0.121. The maximum atomic E-state index is 11.5. The van der Waals surface area contributed by atoms with Gasteiger partial charge in [0.2, 0.25) is 5.91 Å². The number of carbonyl (C=O) groups excluding carboxylic acids is 1. The fourth-order valence-electron chi connectivity index (χ4n) is 1.55. The second-order valence-electron chi connectivity index (χ2n) is 3.83. The summed E-state index contributed by atoms with van der Waals surface area (Å²) in [4.78, 5) is 11.5. The first-order valence-electron chi connectivity index (χ1n) is 5.75. The normalized spacial score (nSPS) is 9.67. The van der Waals surface area contributed by atoms with Crippen molar-refractivity contribution in [1.82, 2.24) is 10.6 Å². The molecule has 1 rings (SSSR count). The zero-order valence-corrected chi connectivity index (χ0v) is 11.7. The van der Waals surface area contributed by atoms with E-state index in [1.807, 2.05) is 31.3 Å². The van der Waals surface area contributed by atoms with Gasteiger partial charge in [0.05, 0.1) is 6.61 Å². The lowest BCUT2D eigenvalue weighted by atomic mass is 10.1. The van der Waals surface area contributed by atoms with Gasteiger partial charge in [-0.05, 0) is 18.2 Å². The van der Waals surface area contributed by atoms with E-state index in [2.05, 4.69) is 10.6 Å². The number of halogens is 1. The van der Waals surface area contributed by atoms with Crippen LogP contribution in [0, 0.1) is 0 Å². The van der Waals surface area contributed by atoms with Gasteiger partial charge in [-0.25, -0.2) is 0 Å². The molecule has 0 aromatic heterocycles. The molecular weight excluding hydrogens is 252 g/mol. The Morgan fingerprint density at radius 2 is 1.94 bits per heavy atom. The smallest absolute Gasteiger partial charge is 0.221 e. The van der Waals surface area contributed by atoms with Gasteiger partial charge in [0, 0.05) is 26.6 Å². The average Bonchev–Trinajstić information content (AvgIpc) is 2.35. The largest absolute Gasteiger partial charge is 0.380 e. The van der Waals surface area contributed by atoms with Crippen LogP contribution >= 0.6 is 12.4 Å². The van der Waals surface area contributed by atoms with Crippen LogP contribution in [0.1, 0.15) is 17.5 Å². The van der Waals surface area contributed by atoms with E-state index in [9.17, 15) is 4.79 Å². The van der Waals surface area contributed by atoms with Crippen molar-refractivity contribution in [2.24, 2.45) is 0 Å². The van der Waals surface area contributed by atoms with Gasteiger partial charge < -0.3 is 15.4 Å². The van der Waals surface area contributed by atoms with Crippen LogP contribution in [0.3, 0.4) is 0 Å². The molecule has 0 aliphatic heterocycles. The van der Waals surface area contributed by atoms with E-state index in [4.69, 9.17) is 4.74 Å². The fraction of sp³-hybridized carbons (Fsp3) is 0.462. The molecule has 5 heteroatoms. The molecule has 2 N–H and O–H groups in total. The number of hydrogen-bond acceptors (Lipinski definition) is 3. The summed E-state index contributed by atoms with van der Waals surface area (Å²) in [6, 6.07) is 7.96. The van der Waals surface area contributed by atoms with Gasteiger partial charge in [-0.2, -0.15) is 0 Å². The van der Waals surface area contributed by atoms with Crippen molar-refractivity contribution in [3.8, 4) is 0 Å². The molecule has 0 spiro atoms. The summed E-state index contributed by atoms with van der Waals surface area (Å²) < 4.78 is 5.12. The van der Waals surface area contributed by atoms with E-state index in [-0.39, 0.29) is 18.3 Å². The Bertz CT molecular complexity index is 359. The Labute approximate surface area is 115 Å². The van der Waals surface area contributed by atoms with E-state index < -0.39 is 0 Å². The topological polar surface area (TPSA) is 50.4 Å². The molecule has 0 unspecified atom stereocenters. The quantitative estimate of drug-likeness (QED) is 0.791. The second kappa shape index (κ2) is 9.88. The van der Waals surface area contributed by atoms with E-state index in [1.54, 1.807) is 7.11 Å². The number of methoxy groups -OCH3 is 1. The van der Waals surface area contributed by atoms with Crippen molar-refractivity contribution in [2.75, 3.05) is 20.7 Å². The predicted octanol–water partition coefficient (Wildman–Crippen LogP) is 1.48. The third-order valence-corrected chi connectivity index (χ3v) is 2.50.